The molecule has 5 nitrogen and oxygen atoms in total. The van der Waals surface area contributed by atoms with Crippen LogP contribution in [-0.4, -0.2) is 9.78 Å². The first kappa shape index (κ1) is 16.4. The lowest BCUT2D eigenvalue weighted by Gasteiger charge is -2.11. The molecule has 116 valence electrons. The number of rotatable bonds is 3. The first-order chi connectivity index (χ1) is 10.9. The molecule has 0 bridgehead atoms. The van der Waals surface area contributed by atoms with Crippen molar-refractivity contribution in [3.05, 3.63) is 53.0 Å². The maximum atomic E-state index is 12.7. The third-order valence-electron chi connectivity index (χ3n) is 2.71. The molecule has 1 aromatic carbocycles. The van der Waals surface area contributed by atoms with E-state index in [0.29, 0.717) is 0 Å². The Balaban J connectivity index is 2.47. The van der Waals surface area contributed by atoms with E-state index in [2.05, 4.69) is 10.4 Å². The molecule has 1 N–H and O–H groups in total. The third kappa shape index (κ3) is 3.62. The van der Waals surface area contributed by atoms with Crippen molar-refractivity contribution < 1.29 is 13.2 Å². The SMILES string of the molecule is N#CC(C#N)=CNc1cccc(Cl)c1-n1ccc(C(F)(F)F)n1. The zero-order chi connectivity index (χ0) is 17.0. The molecular formula is C14H7ClF3N5. The monoisotopic (exact) mass is 337 g/mol. The van der Waals surface area contributed by atoms with Gasteiger partial charge in [-0.15, -0.1) is 0 Å². The maximum Gasteiger partial charge on any atom is 0.435 e. The summed E-state index contributed by atoms with van der Waals surface area (Å²) in [7, 11) is 0. The van der Waals surface area contributed by atoms with Crippen molar-refractivity contribution in [1.82, 2.24) is 9.78 Å². The average molecular weight is 338 g/mol. The van der Waals surface area contributed by atoms with Gasteiger partial charge in [-0.1, -0.05) is 17.7 Å². The first-order valence-electron chi connectivity index (χ1n) is 6.05. The molecule has 0 fully saturated rings. The van der Waals surface area contributed by atoms with Gasteiger partial charge in [-0.25, -0.2) is 4.68 Å². The second kappa shape index (κ2) is 6.42. The second-order valence-electron chi connectivity index (χ2n) is 4.21. The van der Waals surface area contributed by atoms with Crippen LogP contribution in [-0.2, 0) is 6.18 Å². The predicted octanol–water partition coefficient (Wildman–Crippen LogP) is 3.89. The van der Waals surface area contributed by atoms with Gasteiger partial charge in [0.05, 0.1) is 10.7 Å². The largest absolute Gasteiger partial charge is 0.435 e. The quantitative estimate of drug-likeness (QED) is 0.862. The molecule has 0 atom stereocenters. The summed E-state index contributed by atoms with van der Waals surface area (Å²) in [5.74, 6) is 0. The Labute approximate surface area is 133 Å². The van der Waals surface area contributed by atoms with Gasteiger partial charge in [-0.3, -0.25) is 0 Å². The van der Waals surface area contributed by atoms with Crippen molar-refractivity contribution in [2.75, 3.05) is 5.32 Å². The number of benzene rings is 1. The van der Waals surface area contributed by atoms with Gasteiger partial charge in [0.2, 0.25) is 0 Å². The fourth-order valence-electron chi connectivity index (χ4n) is 1.70. The highest BCUT2D eigenvalue weighted by molar-refractivity contribution is 6.33. The Morgan fingerprint density at radius 3 is 2.52 bits per heavy atom. The topological polar surface area (TPSA) is 77.4 Å². The highest BCUT2D eigenvalue weighted by atomic mass is 35.5. The number of anilines is 1. The van der Waals surface area contributed by atoms with Gasteiger partial charge >= 0.3 is 6.18 Å². The highest BCUT2D eigenvalue weighted by Gasteiger charge is 2.33. The summed E-state index contributed by atoms with van der Waals surface area (Å²) in [5.41, 5.74) is -0.811. The van der Waals surface area contributed by atoms with E-state index >= 15 is 0 Å². The summed E-state index contributed by atoms with van der Waals surface area (Å²) in [5, 5.41) is 23.7. The van der Waals surface area contributed by atoms with Crippen LogP contribution in [0.2, 0.25) is 5.02 Å². The summed E-state index contributed by atoms with van der Waals surface area (Å²) in [4.78, 5) is 0. The van der Waals surface area contributed by atoms with E-state index < -0.39 is 11.9 Å². The minimum Gasteiger partial charge on any atom is -0.358 e. The number of para-hydroxylation sites is 1. The number of nitrogens with one attached hydrogen (secondary N) is 1. The van der Waals surface area contributed by atoms with Gasteiger partial charge in [0, 0.05) is 12.4 Å². The molecule has 2 rings (SSSR count). The van der Waals surface area contributed by atoms with Gasteiger partial charge in [0.1, 0.15) is 23.4 Å². The number of alkyl halides is 3. The number of nitrogens with zero attached hydrogens (tertiary/aromatic N) is 4. The van der Waals surface area contributed by atoms with E-state index in [9.17, 15) is 13.2 Å². The van der Waals surface area contributed by atoms with Crippen molar-refractivity contribution >= 4 is 17.3 Å². The highest BCUT2D eigenvalue weighted by Crippen LogP contribution is 2.32. The minimum atomic E-state index is -4.57. The van der Waals surface area contributed by atoms with Crippen LogP contribution in [0.1, 0.15) is 5.69 Å². The lowest BCUT2D eigenvalue weighted by atomic mass is 10.2. The predicted molar refractivity (Wildman–Crippen MR) is 76.5 cm³/mol. The summed E-state index contributed by atoms with van der Waals surface area (Å²) in [6.45, 7) is 0. The van der Waals surface area contributed by atoms with Crippen LogP contribution >= 0.6 is 11.6 Å². The second-order valence-corrected chi connectivity index (χ2v) is 4.61. The van der Waals surface area contributed by atoms with Crippen LogP contribution in [0, 0.1) is 22.7 Å². The van der Waals surface area contributed by atoms with Crippen molar-refractivity contribution in [1.29, 1.82) is 10.5 Å². The van der Waals surface area contributed by atoms with Crippen LogP contribution < -0.4 is 5.32 Å². The molecule has 9 heteroatoms. The fourth-order valence-corrected chi connectivity index (χ4v) is 1.96. The van der Waals surface area contributed by atoms with Crippen LogP contribution in [0.4, 0.5) is 18.9 Å². The molecule has 0 amide bonds. The number of aromatic nitrogens is 2. The van der Waals surface area contributed by atoms with E-state index in [-0.39, 0.29) is 22.0 Å². The van der Waals surface area contributed by atoms with Crippen molar-refractivity contribution in [3.8, 4) is 17.8 Å². The Morgan fingerprint density at radius 2 is 1.96 bits per heavy atom. The summed E-state index contributed by atoms with van der Waals surface area (Å²) in [6, 6.07) is 8.70. The molecule has 0 aliphatic carbocycles. The van der Waals surface area contributed by atoms with Gasteiger partial charge < -0.3 is 5.32 Å². The van der Waals surface area contributed by atoms with E-state index in [1.165, 1.54) is 12.1 Å². The lowest BCUT2D eigenvalue weighted by Crippen LogP contribution is -2.08. The van der Waals surface area contributed by atoms with Gasteiger partial charge in [0.25, 0.3) is 0 Å². The maximum absolute atomic E-state index is 12.7. The van der Waals surface area contributed by atoms with Gasteiger partial charge in [0.15, 0.2) is 5.69 Å². The van der Waals surface area contributed by atoms with Crippen LogP contribution in [0.3, 0.4) is 0 Å². The standard InChI is InChI=1S/C14H7ClF3N5/c15-10-2-1-3-11(21-8-9(6-19)7-20)13(10)23-5-4-12(22-23)14(16,17)18/h1-5,8,21H. The van der Waals surface area contributed by atoms with Crippen LogP contribution in [0.25, 0.3) is 5.69 Å². The summed E-state index contributed by atoms with van der Waals surface area (Å²) in [6.07, 6.45) is -2.33. The first-order valence-corrected chi connectivity index (χ1v) is 6.43. The molecule has 23 heavy (non-hydrogen) atoms. The van der Waals surface area contributed by atoms with Gasteiger partial charge in [-0.2, -0.15) is 28.8 Å². The fraction of sp³-hybridized carbons (Fsp3) is 0.0714. The molecule has 2 aromatic rings. The number of hydrogen-bond donors (Lipinski definition) is 1. The average Bonchev–Trinajstić information content (AvgIpc) is 2.98. The summed E-state index contributed by atoms with van der Waals surface area (Å²) < 4.78 is 38.9. The van der Waals surface area contributed by atoms with E-state index in [1.807, 2.05) is 0 Å². The zero-order valence-electron chi connectivity index (χ0n) is 11.3. The molecule has 1 aromatic heterocycles. The molecule has 0 aliphatic rings. The molecule has 0 saturated heterocycles. The Kier molecular flexibility index (Phi) is 4.58. The Hall–Kier alpha value is -2.97. The number of allylic oxidation sites excluding steroid dienone is 1. The number of nitriles is 2. The van der Waals surface area contributed by atoms with E-state index in [4.69, 9.17) is 22.1 Å². The van der Waals surface area contributed by atoms with Crippen LogP contribution in [0.5, 0.6) is 0 Å². The van der Waals surface area contributed by atoms with E-state index in [1.54, 1.807) is 18.2 Å². The van der Waals surface area contributed by atoms with Crippen molar-refractivity contribution in [2.24, 2.45) is 0 Å². The Bertz CT molecular complexity index is 823. The molecule has 0 saturated carbocycles. The normalized spacial score (nSPS) is 10.5. The minimum absolute atomic E-state index is 0.149. The van der Waals surface area contributed by atoms with E-state index in [0.717, 1.165) is 23.1 Å². The molecule has 0 unspecified atom stereocenters. The van der Waals surface area contributed by atoms with Crippen molar-refractivity contribution in [2.45, 2.75) is 6.18 Å². The summed E-state index contributed by atoms with van der Waals surface area (Å²) >= 11 is 6.04. The molecule has 1 heterocycles. The molecule has 0 aliphatic heterocycles. The van der Waals surface area contributed by atoms with Crippen molar-refractivity contribution in [3.63, 3.8) is 0 Å². The number of halogens is 4. The van der Waals surface area contributed by atoms with Crippen LogP contribution in [0.15, 0.2) is 42.2 Å². The lowest BCUT2D eigenvalue weighted by molar-refractivity contribution is -0.141. The molecular weight excluding hydrogens is 331 g/mol. The third-order valence-corrected chi connectivity index (χ3v) is 3.01. The molecule has 0 radical (unpaired) electrons. The Morgan fingerprint density at radius 1 is 1.26 bits per heavy atom. The molecule has 0 spiro atoms. The smallest absolute Gasteiger partial charge is 0.358 e. The van der Waals surface area contributed by atoms with Gasteiger partial charge in [-0.05, 0) is 18.2 Å². The zero-order valence-corrected chi connectivity index (χ0v) is 12.0. The number of hydrogen-bond acceptors (Lipinski definition) is 4.